The van der Waals surface area contributed by atoms with Gasteiger partial charge in [0, 0.05) is 15.3 Å². The lowest BCUT2D eigenvalue weighted by molar-refractivity contribution is -0.159. The number of carbonyl (C=O) groups is 5. The Bertz CT molecular complexity index is 1030. The van der Waals surface area contributed by atoms with Crippen LogP contribution < -0.4 is 5.32 Å². The number of carbonyl (C=O) groups excluding carboxylic acids is 5. The number of ether oxygens (including phenoxy) is 2. The van der Waals surface area contributed by atoms with Crippen LogP contribution in [0.3, 0.4) is 0 Å². The molecule has 36 heavy (non-hydrogen) atoms. The van der Waals surface area contributed by atoms with E-state index in [2.05, 4.69) is 37.2 Å². The highest BCUT2D eigenvalue weighted by molar-refractivity contribution is 9.12. The van der Waals surface area contributed by atoms with Crippen molar-refractivity contribution in [2.24, 2.45) is 23.7 Å². The summed E-state index contributed by atoms with van der Waals surface area (Å²) < 4.78 is 10.3. The van der Waals surface area contributed by atoms with Crippen molar-refractivity contribution in [1.82, 2.24) is 4.90 Å². The van der Waals surface area contributed by atoms with E-state index in [1.165, 1.54) is 19.1 Å². The van der Waals surface area contributed by atoms with Crippen LogP contribution in [0, 0.1) is 23.7 Å². The molecule has 1 aromatic rings. The van der Waals surface area contributed by atoms with E-state index in [1.807, 2.05) is 6.92 Å². The summed E-state index contributed by atoms with van der Waals surface area (Å²) in [6.07, 6.45) is 2.50. The normalized spacial score (nSPS) is 29.2. The molecule has 11 heteroatoms. The highest BCUT2D eigenvalue weighted by atomic mass is 79.9. The number of hydrogen-bond donors (Lipinski definition) is 1. The van der Waals surface area contributed by atoms with Gasteiger partial charge in [-0.1, -0.05) is 45.2 Å². The number of nitrogens with one attached hydrogen (secondary N) is 1. The smallest absolute Gasteiger partial charge is 0.338 e. The van der Waals surface area contributed by atoms with Crippen molar-refractivity contribution in [2.45, 2.75) is 48.8 Å². The van der Waals surface area contributed by atoms with Crippen molar-refractivity contribution in [1.29, 1.82) is 0 Å². The van der Waals surface area contributed by atoms with Crippen molar-refractivity contribution in [2.75, 3.05) is 18.5 Å². The Morgan fingerprint density at radius 1 is 1.03 bits per heavy atom. The largest absolute Gasteiger partial charge is 0.462 e. The molecule has 0 aromatic heterocycles. The van der Waals surface area contributed by atoms with Crippen LogP contribution in [-0.4, -0.2) is 63.5 Å². The van der Waals surface area contributed by atoms with Crippen molar-refractivity contribution >= 4 is 67.2 Å². The third kappa shape index (κ3) is 4.96. The van der Waals surface area contributed by atoms with Crippen molar-refractivity contribution in [3.8, 4) is 0 Å². The number of likely N-dealkylation sites (tertiary alicyclic amines) is 1. The molecule has 1 aliphatic heterocycles. The van der Waals surface area contributed by atoms with Gasteiger partial charge in [0.2, 0.25) is 11.8 Å². The Balaban J connectivity index is 1.28. The lowest BCUT2D eigenvalue weighted by Crippen LogP contribution is -2.45. The van der Waals surface area contributed by atoms with Gasteiger partial charge < -0.3 is 14.8 Å². The van der Waals surface area contributed by atoms with E-state index in [0.717, 1.165) is 24.2 Å². The average Bonchev–Trinajstić information content (AvgIpc) is 3.47. The zero-order valence-electron chi connectivity index (χ0n) is 19.9. The first-order valence-corrected chi connectivity index (χ1v) is 13.9. The van der Waals surface area contributed by atoms with Gasteiger partial charge in [0.1, 0.15) is 6.04 Å². The summed E-state index contributed by atoms with van der Waals surface area (Å²) in [4.78, 5) is 64.2. The molecule has 2 bridgehead atoms. The van der Waals surface area contributed by atoms with Gasteiger partial charge in [-0.2, -0.15) is 0 Å². The maximum absolute atomic E-state index is 13.1. The standard InChI is InChI=1S/C25H28Br2N2O7/c1-3-4-9-35-25(34)13-5-7-14(8-6-13)28-17(30)11-36-24(33)12(2)29-22(31)18-15-10-16(19(18)23(29)32)21(27)20(15)26/h5-8,12,15-16,18-21H,3-4,9-11H2,1-2H3,(H,28,30)/t12-,15+,16+,18+,19+,20-,21-/m0/s1. The molecule has 0 spiro atoms. The fourth-order valence-electron chi connectivity index (χ4n) is 5.40. The molecule has 4 rings (SSSR count). The van der Waals surface area contributed by atoms with Crippen molar-refractivity contribution < 1.29 is 33.4 Å². The van der Waals surface area contributed by atoms with Crippen LogP contribution in [0.25, 0.3) is 0 Å². The number of esters is 2. The van der Waals surface area contributed by atoms with E-state index in [4.69, 9.17) is 9.47 Å². The summed E-state index contributed by atoms with van der Waals surface area (Å²) in [5.41, 5.74) is 0.774. The lowest BCUT2D eigenvalue weighted by atomic mass is 9.81. The second-order valence-corrected chi connectivity index (χ2v) is 11.6. The molecule has 0 radical (unpaired) electrons. The van der Waals surface area contributed by atoms with E-state index in [0.29, 0.717) is 17.9 Å². The van der Waals surface area contributed by atoms with Crippen LogP contribution in [0.4, 0.5) is 5.69 Å². The van der Waals surface area contributed by atoms with Gasteiger partial charge in [0.15, 0.2) is 6.61 Å². The molecular formula is C25H28Br2N2O7. The Morgan fingerprint density at radius 3 is 2.17 bits per heavy atom. The van der Waals surface area contributed by atoms with Crippen LogP contribution in [0.2, 0.25) is 0 Å². The van der Waals surface area contributed by atoms with Crippen LogP contribution in [0.15, 0.2) is 24.3 Å². The Morgan fingerprint density at radius 2 is 1.61 bits per heavy atom. The summed E-state index contributed by atoms with van der Waals surface area (Å²) in [6, 6.07) is 5.02. The van der Waals surface area contributed by atoms with Gasteiger partial charge in [-0.25, -0.2) is 9.59 Å². The fraction of sp³-hybridized carbons (Fsp3) is 0.560. The number of halogens is 2. The molecule has 3 aliphatic rings. The highest BCUT2D eigenvalue weighted by Crippen LogP contribution is 2.60. The minimum Gasteiger partial charge on any atom is -0.462 e. The van der Waals surface area contributed by atoms with E-state index in [9.17, 15) is 24.0 Å². The zero-order chi connectivity index (χ0) is 26.1. The molecule has 3 amide bonds. The van der Waals surface area contributed by atoms with Gasteiger partial charge >= 0.3 is 11.9 Å². The molecule has 7 atom stereocenters. The molecular weight excluding hydrogens is 600 g/mol. The predicted octanol–water partition coefficient (Wildman–Crippen LogP) is 3.29. The van der Waals surface area contributed by atoms with E-state index in [-0.39, 0.29) is 33.3 Å². The van der Waals surface area contributed by atoms with E-state index >= 15 is 0 Å². The maximum atomic E-state index is 13.1. The third-order valence-corrected chi connectivity index (χ3v) is 10.4. The number of hydrogen-bond acceptors (Lipinski definition) is 7. The molecule has 1 heterocycles. The SMILES string of the molecule is CCCCOC(=O)c1ccc(NC(=O)COC(=O)[C@H](C)N2C(=O)[C@@H]3[C@H]4C[C@@H]([C@H](Br)[C@H]4Br)[C@H]3C2=O)cc1. The Hall–Kier alpha value is -2.27. The molecule has 1 N–H and O–H groups in total. The molecule has 1 saturated heterocycles. The molecule has 1 aromatic carbocycles. The number of anilines is 1. The first-order valence-electron chi connectivity index (χ1n) is 12.0. The van der Waals surface area contributed by atoms with Gasteiger partial charge in [-0.05, 0) is 55.9 Å². The molecule has 2 aliphatic carbocycles. The van der Waals surface area contributed by atoms with Gasteiger partial charge in [-0.3, -0.25) is 19.3 Å². The van der Waals surface area contributed by atoms with E-state index < -0.39 is 42.3 Å². The topological polar surface area (TPSA) is 119 Å². The number of imide groups is 1. The van der Waals surface area contributed by atoms with Crippen molar-refractivity contribution in [3.63, 3.8) is 0 Å². The lowest BCUT2D eigenvalue weighted by Gasteiger charge is -2.28. The quantitative estimate of drug-likeness (QED) is 0.193. The van der Waals surface area contributed by atoms with Gasteiger partial charge in [0.05, 0.1) is 24.0 Å². The molecule has 0 unspecified atom stereocenters. The number of fused-ring (bicyclic) bond motifs is 5. The first-order chi connectivity index (χ1) is 17.1. The zero-order valence-corrected chi connectivity index (χ0v) is 23.1. The number of rotatable bonds is 9. The summed E-state index contributed by atoms with van der Waals surface area (Å²) >= 11 is 7.27. The van der Waals surface area contributed by atoms with Crippen LogP contribution in [-0.2, 0) is 28.7 Å². The van der Waals surface area contributed by atoms with Gasteiger partial charge in [0.25, 0.3) is 5.91 Å². The molecule has 194 valence electrons. The minimum atomic E-state index is -1.12. The van der Waals surface area contributed by atoms with Crippen molar-refractivity contribution in [3.05, 3.63) is 29.8 Å². The van der Waals surface area contributed by atoms with Crippen LogP contribution in [0.5, 0.6) is 0 Å². The Kier molecular flexibility index (Phi) is 8.18. The van der Waals surface area contributed by atoms with Crippen LogP contribution in [0.1, 0.15) is 43.5 Å². The number of benzene rings is 1. The van der Waals surface area contributed by atoms with Gasteiger partial charge in [-0.15, -0.1) is 0 Å². The molecule has 2 saturated carbocycles. The first kappa shape index (κ1) is 26.8. The fourth-order valence-corrected chi connectivity index (χ4v) is 7.27. The summed E-state index contributed by atoms with van der Waals surface area (Å²) in [5.74, 6) is -3.30. The summed E-state index contributed by atoms with van der Waals surface area (Å²) in [5, 5.41) is 2.58. The molecule has 3 fully saturated rings. The molecule has 9 nitrogen and oxygen atoms in total. The Labute approximate surface area is 225 Å². The highest BCUT2D eigenvalue weighted by Gasteiger charge is 2.67. The maximum Gasteiger partial charge on any atom is 0.338 e. The van der Waals surface area contributed by atoms with E-state index in [1.54, 1.807) is 12.1 Å². The summed E-state index contributed by atoms with van der Waals surface area (Å²) in [6.45, 7) is 3.21. The number of nitrogens with zero attached hydrogens (tertiary/aromatic N) is 1. The van der Waals surface area contributed by atoms with Crippen LogP contribution >= 0.6 is 31.9 Å². The summed E-state index contributed by atoms with van der Waals surface area (Å²) in [7, 11) is 0. The predicted molar refractivity (Wildman–Crippen MR) is 137 cm³/mol. The second kappa shape index (κ2) is 11.0. The number of alkyl halides is 2. The monoisotopic (exact) mass is 626 g/mol. The number of unbranched alkanes of at least 4 members (excludes halogenated alkanes) is 1. The number of amides is 3. The minimum absolute atomic E-state index is 0.0457. The second-order valence-electron chi connectivity index (χ2n) is 9.45. The average molecular weight is 628 g/mol. The third-order valence-electron chi connectivity index (χ3n) is 7.23.